The standard InChI is InChI=1S/C10H17NO3S/c12-10(13)9-6-14-4-3-11(9)8-2-1-5-15-7-8/h8-9H,1-7H2,(H,12,13). The highest BCUT2D eigenvalue weighted by molar-refractivity contribution is 7.99. The third kappa shape index (κ3) is 2.65. The monoisotopic (exact) mass is 231 g/mol. The van der Waals surface area contributed by atoms with Crippen LogP contribution < -0.4 is 0 Å². The first-order valence-electron chi connectivity index (χ1n) is 5.43. The lowest BCUT2D eigenvalue weighted by Gasteiger charge is -2.40. The van der Waals surface area contributed by atoms with E-state index in [9.17, 15) is 4.79 Å². The number of morpholine rings is 1. The molecule has 0 saturated carbocycles. The van der Waals surface area contributed by atoms with E-state index in [-0.39, 0.29) is 0 Å². The molecule has 86 valence electrons. The van der Waals surface area contributed by atoms with Crippen molar-refractivity contribution >= 4 is 17.7 Å². The number of carbonyl (C=O) groups is 1. The summed E-state index contributed by atoms with van der Waals surface area (Å²) in [7, 11) is 0. The second-order valence-corrected chi connectivity index (χ2v) is 5.19. The summed E-state index contributed by atoms with van der Waals surface area (Å²) in [6.07, 6.45) is 2.34. The maximum absolute atomic E-state index is 11.1. The van der Waals surface area contributed by atoms with Gasteiger partial charge in [0.1, 0.15) is 6.04 Å². The third-order valence-electron chi connectivity index (χ3n) is 3.06. The average molecular weight is 231 g/mol. The first-order chi connectivity index (χ1) is 7.29. The Balaban J connectivity index is 1.99. The Bertz CT molecular complexity index is 231. The van der Waals surface area contributed by atoms with Crippen molar-refractivity contribution in [3.05, 3.63) is 0 Å². The molecule has 0 aromatic rings. The van der Waals surface area contributed by atoms with Gasteiger partial charge in [0.2, 0.25) is 0 Å². The molecule has 0 aromatic heterocycles. The smallest absolute Gasteiger partial charge is 0.323 e. The zero-order valence-corrected chi connectivity index (χ0v) is 9.54. The average Bonchev–Trinajstić information content (AvgIpc) is 2.30. The molecular formula is C10H17NO3S. The Hall–Kier alpha value is -0.260. The molecule has 0 bridgehead atoms. The van der Waals surface area contributed by atoms with Crippen molar-refractivity contribution in [2.45, 2.75) is 24.9 Å². The van der Waals surface area contributed by atoms with Crippen LogP contribution in [0.2, 0.25) is 0 Å². The molecule has 15 heavy (non-hydrogen) atoms. The Kier molecular flexibility index (Phi) is 3.88. The Morgan fingerprint density at radius 2 is 2.40 bits per heavy atom. The number of thioether (sulfide) groups is 1. The number of nitrogens with zero attached hydrogens (tertiary/aromatic N) is 1. The molecule has 0 amide bonds. The summed E-state index contributed by atoms with van der Waals surface area (Å²) in [6, 6.07) is 0.0104. The van der Waals surface area contributed by atoms with Crippen LogP contribution in [0, 0.1) is 0 Å². The van der Waals surface area contributed by atoms with Crippen LogP contribution in [0.25, 0.3) is 0 Å². The molecule has 5 heteroatoms. The topological polar surface area (TPSA) is 49.8 Å². The van der Waals surface area contributed by atoms with Crippen LogP contribution in [0.3, 0.4) is 0 Å². The van der Waals surface area contributed by atoms with Crippen LogP contribution in [0.5, 0.6) is 0 Å². The van der Waals surface area contributed by atoms with E-state index in [2.05, 4.69) is 4.90 Å². The van der Waals surface area contributed by atoms with Crippen LogP contribution in [0.1, 0.15) is 12.8 Å². The van der Waals surface area contributed by atoms with Crippen LogP contribution in [-0.2, 0) is 9.53 Å². The largest absolute Gasteiger partial charge is 0.480 e. The molecule has 2 rings (SSSR count). The van der Waals surface area contributed by atoms with Crippen molar-refractivity contribution in [2.75, 3.05) is 31.3 Å². The maximum Gasteiger partial charge on any atom is 0.323 e. The van der Waals surface area contributed by atoms with E-state index in [4.69, 9.17) is 9.84 Å². The molecule has 2 heterocycles. The quantitative estimate of drug-likeness (QED) is 0.757. The normalized spacial score (nSPS) is 33.9. The van der Waals surface area contributed by atoms with Gasteiger partial charge in [0, 0.05) is 18.3 Å². The van der Waals surface area contributed by atoms with Crippen LogP contribution >= 0.6 is 11.8 Å². The highest BCUT2D eigenvalue weighted by atomic mass is 32.2. The molecule has 2 atom stereocenters. The third-order valence-corrected chi connectivity index (χ3v) is 4.26. The van der Waals surface area contributed by atoms with Gasteiger partial charge in [0.25, 0.3) is 0 Å². The highest BCUT2D eigenvalue weighted by Gasteiger charge is 2.34. The molecule has 2 aliphatic heterocycles. The number of hydrogen-bond acceptors (Lipinski definition) is 4. The summed E-state index contributed by atoms with van der Waals surface area (Å²) in [5, 5.41) is 9.11. The predicted octanol–water partition coefficient (Wildman–Crippen LogP) is 0.667. The number of hydrogen-bond donors (Lipinski definition) is 1. The molecule has 0 aliphatic carbocycles. The van der Waals surface area contributed by atoms with Crippen molar-refractivity contribution in [3.8, 4) is 0 Å². The van der Waals surface area contributed by atoms with Gasteiger partial charge in [-0.25, -0.2) is 0 Å². The summed E-state index contributed by atoms with van der Waals surface area (Å²) < 4.78 is 5.24. The number of ether oxygens (including phenoxy) is 1. The molecule has 0 aromatic carbocycles. The lowest BCUT2D eigenvalue weighted by molar-refractivity contribution is -0.151. The summed E-state index contributed by atoms with van der Waals surface area (Å²) in [4.78, 5) is 13.2. The van der Waals surface area contributed by atoms with Crippen molar-refractivity contribution in [2.24, 2.45) is 0 Å². The van der Waals surface area contributed by atoms with Gasteiger partial charge in [-0.15, -0.1) is 0 Å². The van der Waals surface area contributed by atoms with Crippen molar-refractivity contribution < 1.29 is 14.6 Å². The van der Waals surface area contributed by atoms with Crippen molar-refractivity contribution in [1.29, 1.82) is 0 Å². The van der Waals surface area contributed by atoms with Gasteiger partial charge in [-0.3, -0.25) is 9.69 Å². The van der Waals surface area contributed by atoms with E-state index in [1.807, 2.05) is 11.8 Å². The Labute approximate surface area is 94.0 Å². The Morgan fingerprint density at radius 3 is 3.07 bits per heavy atom. The summed E-state index contributed by atoms with van der Waals surface area (Å²) in [6.45, 7) is 1.78. The second kappa shape index (κ2) is 5.18. The minimum atomic E-state index is -0.745. The van der Waals surface area contributed by atoms with E-state index < -0.39 is 12.0 Å². The number of rotatable bonds is 2. The van der Waals surface area contributed by atoms with Gasteiger partial charge < -0.3 is 9.84 Å². The lowest BCUT2D eigenvalue weighted by atomic mass is 10.1. The highest BCUT2D eigenvalue weighted by Crippen LogP contribution is 2.24. The predicted molar refractivity (Wildman–Crippen MR) is 59.3 cm³/mol. The van der Waals surface area contributed by atoms with Crippen LogP contribution in [0.4, 0.5) is 0 Å². The molecule has 0 spiro atoms. The van der Waals surface area contributed by atoms with Gasteiger partial charge in [-0.05, 0) is 18.6 Å². The van der Waals surface area contributed by atoms with E-state index in [0.29, 0.717) is 19.3 Å². The summed E-state index contributed by atoms with van der Waals surface area (Å²) >= 11 is 1.94. The first-order valence-corrected chi connectivity index (χ1v) is 6.58. The fourth-order valence-electron chi connectivity index (χ4n) is 2.25. The first kappa shape index (κ1) is 11.2. The zero-order chi connectivity index (χ0) is 10.7. The SMILES string of the molecule is O=C(O)C1COCCN1C1CCCSC1. The zero-order valence-electron chi connectivity index (χ0n) is 8.72. The van der Waals surface area contributed by atoms with Crippen molar-refractivity contribution in [1.82, 2.24) is 4.90 Å². The van der Waals surface area contributed by atoms with Gasteiger partial charge in [0.05, 0.1) is 13.2 Å². The van der Waals surface area contributed by atoms with E-state index in [1.54, 1.807) is 0 Å². The molecule has 0 radical (unpaired) electrons. The van der Waals surface area contributed by atoms with Gasteiger partial charge in [-0.1, -0.05) is 0 Å². The van der Waals surface area contributed by atoms with E-state index >= 15 is 0 Å². The number of carboxylic acids is 1. The number of carboxylic acid groups (broad SMARTS) is 1. The summed E-state index contributed by atoms with van der Waals surface area (Å²) in [5.74, 6) is 1.55. The Morgan fingerprint density at radius 1 is 1.53 bits per heavy atom. The fourth-order valence-corrected chi connectivity index (χ4v) is 3.42. The van der Waals surface area contributed by atoms with E-state index in [0.717, 1.165) is 18.7 Å². The number of aliphatic carboxylic acids is 1. The summed E-state index contributed by atoms with van der Waals surface area (Å²) in [5.41, 5.74) is 0. The van der Waals surface area contributed by atoms with Gasteiger partial charge in [0.15, 0.2) is 0 Å². The lowest BCUT2D eigenvalue weighted by Crippen LogP contribution is -2.55. The molecule has 2 saturated heterocycles. The van der Waals surface area contributed by atoms with E-state index in [1.165, 1.54) is 12.2 Å². The maximum atomic E-state index is 11.1. The molecule has 4 nitrogen and oxygen atoms in total. The molecule has 2 aliphatic rings. The molecule has 1 N–H and O–H groups in total. The molecule has 2 fully saturated rings. The second-order valence-electron chi connectivity index (χ2n) is 4.04. The molecular weight excluding hydrogens is 214 g/mol. The fraction of sp³-hybridized carbons (Fsp3) is 0.900. The van der Waals surface area contributed by atoms with Crippen LogP contribution in [-0.4, -0.2) is 59.3 Å². The van der Waals surface area contributed by atoms with Crippen molar-refractivity contribution in [3.63, 3.8) is 0 Å². The van der Waals surface area contributed by atoms with Crippen LogP contribution in [0.15, 0.2) is 0 Å². The minimum absolute atomic E-state index is 0.344. The minimum Gasteiger partial charge on any atom is -0.480 e. The van der Waals surface area contributed by atoms with Gasteiger partial charge in [-0.2, -0.15) is 11.8 Å². The molecule has 2 unspecified atom stereocenters. The van der Waals surface area contributed by atoms with Gasteiger partial charge >= 0.3 is 5.97 Å².